The van der Waals surface area contributed by atoms with Crippen LogP contribution in [0.5, 0.6) is 17.4 Å². The van der Waals surface area contributed by atoms with Gasteiger partial charge in [-0.1, -0.05) is 12.1 Å². The van der Waals surface area contributed by atoms with Crippen LogP contribution in [0.15, 0.2) is 36.5 Å². The summed E-state index contributed by atoms with van der Waals surface area (Å²) in [7, 11) is 1.55. The molecule has 2 amide bonds. The topological polar surface area (TPSA) is 81.7 Å². The largest absolute Gasteiger partial charge is 0.486 e. The molecule has 1 aliphatic heterocycles. The van der Waals surface area contributed by atoms with Crippen molar-refractivity contribution in [2.75, 3.05) is 20.3 Å². The summed E-state index contributed by atoms with van der Waals surface area (Å²) >= 11 is 0. The standard InChI is InChI=1S/C18H21N3O4/c1-12(13-5-6-15-16(10-13)25-9-8-24-15)21-18(22)20-11-14-4-3-7-19-17(14)23-2/h3-7,10,12H,8-9,11H2,1-2H3,(H2,20,21,22). The van der Waals surface area contributed by atoms with Gasteiger partial charge in [0.2, 0.25) is 5.88 Å². The van der Waals surface area contributed by atoms with E-state index in [-0.39, 0.29) is 12.1 Å². The molecule has 1 aromatic carbocycles. The minimum Gasteiger partial charge on any atom is -0.486 e. The third kappa shape index (κ3) is 4.12. The number of nitrogens with zero attached hydrogens (tertiary/aromatic N) is 1. The lowest BCUT2D eigenvalue weighted by Gasteiger charge is -2.21. The van der Waals surface area contributed by atoms with Crippen LogP contribution in [-0.4, -0.2) is 31.3 Å². The molecule has 2 N–H and O–H groups in total. The highest BCUT2D eigenvalue weighted by Crippen LogP contribution is 2.32. The van der Waals surface area contributed by atoms with Gasteiger partial charge in [-0.2, -0.15) is 0 Å². The van der Waals surface area contributed by atoms with Crippen molar-refractivity contribution >= 4 is 6.03 Å². The zero-order valence-corrected chi connectivity index (χ0v) is 14.2. The van der Waals surface area contributed by atoms with E-state index < -0.39 is 0 Å². The van der Waals surface area contributed by atoms with Crippen LogP contribution < -0.4 is 24.8 Å². The van der Waals surface area contributed by atoms with E-state index in [1.165, 1.54) is 0 Å². The zero-order valence-electron chi connectivity index (χ0n) is 14.2. The fourth-order valence-corrected chi connectivity index (χ4v) is 2.58. The molecule has 25 heavy (non-hydrogen) atoms. The molecule has 0 radical (unpaired) electrons. The molecule has 7 nitrogen and oxygen atoms in total. The average molecular weight is 343 g/mol. The van der Waals surface area contributed by atoms with E-state index in [4.69, 9.17) is 14.2 Å². The first-order valence-electron chi connectivity index (χ1n) is 8.09. The quantitative estimate of drug-likeness (QED) is 0.871. The first-order chi connectivity index (χ1) is 12.2. The number of fused-ring (bicyclic) bond motifs is 1. The number of rotatable bonds is 5. The van der Waals surface area contributed by atoms with Crippen LogP contribution in [-0.2, 0) is 6.54 Å². The van der Waals surface area contributed by atoms with Crippen molar-refractivity contribution in [2.24, 2.45) is 0 Å². The number of hydrogen-bond donors (Lipinski definition) is 2. The molecule has 0 spiro atoms. The fraction of sp³-hybridized carbons (Fsp3) is 0.333. The number of urea groups is 1. The van der Waals surface area contributed by atoms with Crippen molar-refractivity contribution in [3.63, 3.8) is 0 Å². The highest BCUT2D eigenvalue weighted by atomic mass is 16.6. The highest BCUT2D eigenvalue weighted by molar-refractivity contribution is 5.74. The van der Waals surface area contributed by atoms with E-state index in [1.54, 1.807) is 19.4 Å². The van der Waals surface area contributed by atoms with Gasteiger partial charge in [0, 0.05) is 18.3 Å². The van der Waals surface area contributed by atoms with Crippen molar-refractivity contribution < 1.29 is 19.0 Å². The van der Waals surface area contributed by atoms with Gasteiger partial charge in [0.1, 0.15) is 13.2 Å². The Morgan fingerprint density at radius 1 is 1.28 bits per heavy atom. The molecule has 0 saturated heterocycles. The summed E-state index contributed by atoms with van der Waals surface area (Å²) in [6, 6.07) is 8.89. The Bertz CT molecular complexity index is 751. The van der Waals surface area contributed by atoms with Crippen LogP contribution in [0.1, 0.15) is 24.1 Å². The lowest BCUT2D eigenvalue weighted by Crippen LogP contribution is -2.36. The Labute approximate surface area is 146 Å². The zero-order chi connectivity index (χ0) is 17.6. The molecule has 1 aliphatic rings. The minimum atomic E-state index is -0.270. The molecule has 2 heterocycles. The third-order valence-electron chi connectivity index (χ3n) is 3.90. The number of methoxy groups -OCH3 is 1. The fourth-order valence-electron chi connectivity index (χ4n) is 2.58. The Kier molecular flexibility index (Phi) is 5.23. The molecule has 2 aromatic rings. The van der Waals surface area contributed by atoms with E-state index >= 15 is 0 Å². The van der Waals surface area contributed by atoms with Crippen molar-refractivity contribution in [1.82, 2.24) is 15.6 Å². The van der Waals surface area contributed by atoms with Crippen molar-refractivity contribution in [3.05, 3.63) is 47.7 Å². The number of benzene rings is 1. The van der Waals surface area contributed by atoms with Crippen molar-refractivity contribution in [1.29, 1.82) is 0 Å². The Balaban J connectivity index is 1.57. The number of hydrogen-bond acceptors (Lipinski definition) is 5. The summed E-state index contributed by atoms with van der Waals surface area (Å²) in [5, 5.41) is 5.71. The van der Waals surface area contributed by atoms with Crippen molar-refractivity contribution in [3.8, 4) is 17.4 Å². The molecule has 1 atom stereocenters. The summed E-state index contributed by atoms with van der Waals surface area (Å²) in [4.78, 5) is 16.3. The first kappa shape index (κ1) is 16.9. The van der Waals surface area contributed by atoms with Gasteiger partial charge in [-0.25, -0.2) is 9.78 Å². The lowest BCUT2D eigenvalue weighted by atomic mass is 10.1. The summed E-state index contributed by atoms with van der Waals surface area (Å²) in [6.45, 7) is 3.33. The number of pyridine rings is 1. The maximum absolute atomic E-state index is 12.1. The smallest absolute Gasteiger partial charge is 0.315 e. The molecule has 0 bridgehead atoms. The van der Waals surface area contributed by atoms with Crippen LogP contribution >= 0.6 is 0 Å². The van der Waals surface area contributed by atoms with Gasteiger partial charge in [-0.15, -0.1) is 0 Å². The summed E-state index contributed by atoms with van der Waals surface area (Å²) in [5.74, 6) is 1.94. The van der Waals surface area contributed by atoms with Gasteiger partial charge in [0.05, 0.1) is 13.2 Å². The Morgan fingerprint density at radius 2 is 2.08 bits per heavy atom. The summed E-state index contributed by atoms with van der Waals surface area (Å²) in [5.41, 5.74) is 1.76. The van der Waals surface area contributed by atoms with E-state index in [2.05, 4.69) is 15.6 Å². The Hall–Kier alpha value is -2.96. The SMILES string of the molecule is COc1ncccc1CNC(=O)NC(C)c1ccc2c(c1)OCCO2. The van der Waals surface area contributed by atoms with Gasteiger partial charge in [-0.05, 0) is 30.7 Å². The number of nitrogens with one attached hydrogen (secondary N) is 2. The first-order valence-corrected chi connectivity index (χ1v) is 8.09. The number of ether oxygens (including phenoxy) is 3. The minimum absolute atomic E-state index is 0.174. The van der Waals surface area contributed by atoms with Crippen LogP contribution in [0.25, 0.3) is 0 Å². The maximum Gasteiger partial charge on any atom is 0.315 e. The monoisotopic (exact) mass is 343 g/mol. The Morgan fingerprint density at radius 3 is 2.88 bits per heavy atom. The van der Waals surface area contributed by atoms with Crippen molar-refractivity contribution in [2.45, 2.75) is 19.5 Å². The van der Waals surface area contributed by atoms with Gasteiger partial charge in [-0.3, -0.25) is 0 Å². The molecule has 3 rings (SSSR count). The van der Waals surface area contributed by atoms with E-state index in [0.717, 1.165) is 16.9 Å². The predicted octanol–water partition coefficient (Wildman–Crippen LogP) is 2.42. The lowest BCUT2D eigenvalue weighted by molar-refractivity contribution is 0.171. The van der Waals surface area contributed by atoms with Gasteiger partial charge < -0.3 is 24.8 Å². The number of amides is 2. The van der Waals surface area contributed by atoms with Crippen LogP contribution in [0.4, 0.5) is 4.79 Å². The van der Waals surface area contributed by atoms with Crippen LogP contribution in [0.3, 0.4) is 0 Å². The molecular weight excluding hydrogens is 322 g/mol. The molecule has 132 valence electrons. The molecular formula is C18H21N3O4. The van der Waals surface area contributed by atoms with E-state index in [9.17, 15) is 4.79 Å². The second kappa shape index (κ2) is 7.74. The molecule has 0 fully saturated rings. The van der Waals surface area contributed by atoms with E-state index in [0.29, 0.717) is 31.4 Å². The average Bonchev–Trinajstić information content (AvgIpc) is 2.66. The number of carbonyl (C=O) groups excluding carboxylic acids is 1. The summed E-state index contributed by atoms with van der Waals surface area (Å²) < 4.78 is 16.3. The van der Waals surface area contributed by atoms with Crippen LogP contribution in [0.2, 0.25) is 0 Å². The van der Waals surface area contributed by atoms with Gasteiger partial charge >= 0.3 is 6.03 Å². The molecule has 1 aromatic heterocycles. The van der Waals surface area contributed by atoms with E-state index in [1.807, 2.05) is 31.2 Å². The highest BCUT2D eigenvalue weighted by Gasteiger charge is 2.16. The number of carbonyl (C=O) groups is 1. The summed E-state index contributed by atoms with van der Waals surface area (Å²) in [6.07, 6.45) is 1.65. The third-order valence-corrected chi connectivity index (χ3v) is 3.90. The molecule has 1 unspecified atom stereocenters. The number of aromatic nitrogens is 1. The molecule has 0 aliphatic carbocycles. The second-order valence-electron chi connectivity index (χ2n) is 5.62. The molecule has 7 heteroatoms. The van der Waals surface area contributed by atoms with Crippen LogP contribution in [0, 0.1) is 0 Å². The normalized spacial score (nSPS) is 13.7. The van der Waals surface area contributed by atoms with Gasteiger partial charge in [0.25, 0.3) is 0 Å². The van der Waals surface area contributed by atoms with Gasteiger partial charge in [0.15, 0.2) is 11.5 Å². The maximum atomic E-state index is 12.1. The predicted molar refractivity (Wildman–Crippen MR) is 92.0 cm³/mol. The second-order valence-corrected chi connectivity index (χ2v) is 5.62. The molecule has 0 saturated carbocycles.